The van der Waals surface area contributed by atoms with E-state index in [2.05, 4.69) is 20.8 Å². The lowest BCUT2D eigenvalue weighted by atomic mass is 9.75. The number of rotatable bonds is 4. The second kappa shape index (κ2) is 5.72. The highest BCUT2D eigenvalue weighted by molar-refractivity contribution is 4.81. The van der Waals surface area contributed by atoms with Crippen LogP contribution >= 0.6 is 0 Å². The van der Waals surface area contributed by atoms with E-state index in [4.69, 9.17) is 9.84 Å². The summed E-state index contributed by atoms with van der Waals surface area (Å²) in [5.41, 5.74) is 0. The lowest BCUT2D eigenvalue weighted by Crippen LogP contribution is -2.34. The van der Waals surface area contributed by atoms with Crippen molar-refractivity contribution in [1.82, 2.24) is 0 Å². The minimum absolute atomic E-state index is 0.149. The van der Waals surface area contributed by atoms with Crippen LogP contribution in [0.15, 0.2) is 0 Å². The minimum atomic E-state index is 0.149. The van der Waals surface area contributed by atoms with E-state index >= 15 is 0 Å². The van der Waals surface area contributed by atoms with Crippen molar-refractivity contribution in [2.24, 2.45) is 17.8 Å². The van der Waals surface area contributed by atoms with E-state index in [-0.39, 0.29) is 6.61 Å². The molecule has 0 radical (unpaired) electrons. The van der Waals surface area contributed by atoms with Gasteiger partial charge in [-0.05, 0) is 30.6 Å². The summed E-state index contributed by atoms with van der Waals surface area (Å²) in [6.07, 6.45) is 4.17. The molecule has 0 unspecified atom stereocenters. The highest BCUT2D eigenvalue weighted by Gasteiger charge is 2.30. The van der Waals surface area contributed by atoms with Gasteiger partial charge in [0.15, 0.2) is 0 Å². The molecule has 0 aromatic rings. The summed E-state index contributed by atoms with van der Waals surface area (Å²) in [7, 11) is 0. The molecule has 2 nitrogen and oxygen atoms in total. The minimum Gasteiger partial charge on any atom is -0.394 e. The van der Waals surface area contributed by atoms with Gasteiger partial charge in [-0.15, -0.1) is 0 Å². The first-order chi connectivity index (χ1) is 6.65. The van der Waals surface area contributed by atoms with Crippen molar-refractivity contribution in [2.75, 3.05) is 13.2 Å². The first-order valence-corrected chi connectivity index (χ1v) is 5.87. The third-order valence-corrected chi connectivity index (χ3v) is 3.38. The first-order valence-electron chi connectivity index (χ1n) is 5.87. The average molecular weight is 200 g/mol. The Morgan fingerprint density at radius 2 is 2.07 bits per heavy atom. The van der Waals surface area contributed by atoms with E-state index < -0.39 is 0 Å². The van der Waals surface area contributed by atoms with Crippen molar-refractivity contribution in [1.29, 1.82) is 0 Å². The fourth-order valence-corrected chi connectivity index (χ4v) is 2.51. The van der Waals surface area contributed by atoms with Crippen LogP contribution in [0.1, 0.15) is 40.0 Å². The van der Waals surface area contributed by atoms with Gasteiger partial charge in [0.2, 0.25) is 0 Å². The van der Waals surface area contributed by atoms with Crippen molar-refractivity contribution in [3.8, 4) is 0 Å². The van der Waals surface area contributed by atoms with E-state index in [1.807, 2.05) is 0 Å². The van der Waals surface area contributed by atoms with Gasteiger partial charge in [0.1, 0.15) is 0 Å². The zero-order valence-electron chi connectivity index (χ0n) is 9.70. The molecule has 0 amide bonds. The second-order valence-electron chi connectivity index (χ2n) is 4.96. The third-order valence-electron chi connectivity index (χ3n) is 3.38. The van der Waals surface area contributed by atoms with Crippen LogP contribution in [0.5, 0.6) is 0 Å². The van der Waals surface area contributed by atoms with Crippen LogP contribution in [0.4, 0.5) is 0 Å². The Hall–Kier alpha value is -0.0800. The van der Waals surface area contributed by atoms with Gasteiger partial charge in [-0.3, -0.25) is 0 Å². The molecule has 0 bridgehead atoms. The standard InChI is InChI=1S/C12H24O2/c1-9(2)11-5-4-10(3)8-12(11)14-7-6-13/h9-13H,4-8H2,1-3H3/t10-,11+,12-/m0/s1. The lowest BCUT2D eigenvalue weighted by Gasteiger charge is -2.37. The zero-order chi connectivity index (χ0) is 10.6. The number of ether oxygens (including phenoxy) is 1. The van der Waals surface area contributed by atoms with Gasteiger partial charge in [0.25, 0.3) is 0 Å². The van der Waals surface area contributed by atoms with Gasteiger partial charge in [0.05, 0.1) is 19.3 Å². The van der Waals surface area contributed by atoms with Crippen LogP contribution in [0.25, 0.3) is 0 Å². The quantitative estimate of drug-likeness (QED) is 0.755. The van der Waals surface area contributed by atoms with Crippen LogP contribution in [-0.2, 0) is 4.74 Å². The van der Waals surface area contributed by atoms with Crippen molar-refractivity contribution < 1.29 is 9.84 Å². The number of aliphatic hydroxyl groups is 1. The Balaban J connectivity index is 2.45. The smallest absolute Gasteiger partial charge is 0.0701 e. The molecule has 0 aromatic carbocycles. The highest BCUT2D eigenvalue weighted by atomic mass is 16.5. The molecule has 84 valence electrons. The summed E-state index contributed by atoms with van der Waals surface area (Å²) >= 11 is 0. The van der Waals surface area contributed by atoms with Gasteiger partial charge >= 0.3 is 0 Å². The molecule has 14 heavy (non-hydrogen) atoms. The van der Waals surface area contributed by atoms with Crippen LogP contribution < -0.4 is 0 Å². The molecule has 0 aromatic heterocycles. The SMILES string of the molecule is CC(C)[C@H]1CC[C@H](C)C[C@@H]1OCCO. The molecule has 1 rings (SSSR count). The van der Waals surface area contributed by atoms with Crippen LogP contribution in [-0.4, -0.2) is 24.4 Å². The average Bonchev–Trinajstić information content (AvgIpc) is 2.14. The van der Waals surface area contributed by atoms with E-state index in [1.54, 1.807) is 0 Å². The summed E-state index contributed by atoms with van der Waals surface area (Å²) in [6, 6.07) is 0. The van der Waals surface area contributed by atoms with E-state index in [0.717, 1.165) is 5.92 Å². The molecule has 1 aliphatic rings. The number of hydrogen-bond acceptors (Lipinski definition) is 2. The van der Waals surface area contributed by atoms with Crippen molar-refractivity contribution >= 4 is 0 Å². The first kappa shape index (κ1) is 12.0. The molecule has 0 spiro atoms. The van der Waals surface area contributed by atoms with E-state index in [1.165, 1.54) is 19.3 Å². The fourth-order valence-electron chi connectivity index (χ4n) is 2.51. The van der Waals surface area contributed by atoms with E-state index in [9.17, 15) is 0 Å². The summed E-state index contributed by atoms with van der Waals surface area (Å²) < 4.78 is 5.73. The molecule has 3 atom stereocenters. The molecule has 1 fully saturated rings. The van der Waals surface area contributed by atoms with Crippen LogP contribution in [0.2, 0.25) is 0 Å². The molecular weight excluding hydrogens is 176 g/mol. The highest BCUT2D eigenvalue weighted by Crippen LogP contribution is 2.35. The Kier molecular flexibility index (Phi) is 4.90. The Morgan fingerprint density at radius 3 is 2.64 bits per heavy atom. The van der Waals surface area contributed by atoms with Crippen molar-refractivity contribution in [3.05, 3.63) is 0 Å². The second-order valence-corrected chi connectivity index (χ2v) is 4.96. The molecular formula is C12H24O2. The Labute approximate surface area is 87.7 Å². The normalized spacial score (nSPS) is 33.6. The van der Waals surface area contributed by atoms with E-state index in [0.29, 0.717) is 24.5 Å². The maximum absolute atomic E-state index is 8.76. The Morgan fingerprint density at radius 1 is 1.36 bits per heavy atom. The Bertz CT molecular complexity index is 156. The predicted octanol–water partition coefficient (Wildman–Crippen LogP) is 2.46. The molecule has 0 saturated heterocycles. The molecule has 2 heteroatoms. The molecule has 0 aliphatic heterocycles. The third kappa shape index (κ3) is 3.25. The van der Waals surface area contributed by atoms with Gasteiger partial charge in [-0.2, -0.15) is 0 Å². The fraction of sp³-hybridized carbons (Fsp3) is 1.00. The largest absolute Gasteiger partial charge is 0.394 e. The van der Waals surface area contributed by atoms with Crippen molar-refractivity contribution in [2.45, 2.75) is 46.1 Å². The van der Waals surface area contributed by atoms with Gasteiger partial charge in [-0.25, -0.2) is 0 Å². The van der Waals surface area contributed by atoms with Gasteiger partial charge in [-0.1, -0.05) is 27.2 Å². The van der Waals surface area contributed by atoms with Crippen LogP contribution in [0.3, 0.4) is 0 Å². The van der Waals surface area contributed by atoms with Gasteiger partial charge < -0.3 is 9.84 Å². The van der Waals surface area contributed by atoms with Crippen molar-refractivity contribution in [3.63, 3.8) is 0 Å². The summed E-state index contributed by atoms with van der Waals surface area (Å²) in [5, 5.41) is 8.76. The molecule has 1 N–H and O–H groups in total. The maximum atomic E-state index is 8.76. The number of aliphatic hydroxyl groups excluding tert-OH is 1. The molecule has 1 saturated carbocycles. The molecule has 0 heterocycles. The summed E-state index contributed by atoms with van der Waals surface area (Å²) in [4.78, 5) is 0. The molecule has 1 aliphatic carbocycles. The lowest BCUT2D eigenvalue weighted by molar-refractivity contribution is -0.0489. The van der Waals surface area contributed by atoms with Crippen LogP contribution in [0, 0.1) is 17.8 Å². The zero-order valence-corrected chi connectivity index (χ0v) is 9.70. The maximum Gasteiger partial charge on any atom is 0.0701 e. The van der Waals surface area contributed by atoms with Gasteiger partial charge in [0, 0.05) is 0 Å². The predicted molar refractivity (Wildman–Crippen MR) is 58.2 cm³/mol. The topological polar surface area (TPSA) is 29.5 Å². The summed E-state index contributed by atoms with van der Waals surface area (Å²) in [5.74, 6) is 2.18. The number of hydrogen-bond donors (Lipinski definition) is 1. The monoisotopic (exact) mass is 200 g/mol. The summed E-state index contributed by atoms with van der Waals surface area (Å²) in [6.45, 7) is 7.49.